The lowest BCUT2D eigenvalue weighted by Crippen LogP contribution is -1.90. The Kier molecular flexibility index (Phi) is 4.34. The summed E-state index contributed by atoms with van der Waals surface area (Å²) in [7, 11) is 0. The first kappa shape index (κ1) is 10.9. The minimum atomic E-state index is -0.296. The van der Waals surface area contributed by atoms with Gasteiger partial charge in [-0.15, -0.1) is 24.1 Å². The number of hydrogen-bond donors (Lipinski definition) is 1. The molecule has 1 nitrogen and oxygen atoms in total. The lowest BCUT2D eigenvalue weighted by atomic mass is 10.3. The van der Waals surface area contributed by atoms with Gasteiger partial charge >= 0.3 is 0 Å². The number of unbranched alkanes of at least 4 members (excludes halogenated alkanes) is 1. The first-order chi connectivity index (χ1) is 6.74. The molecule has 1 aromatic carbocycles. The molecule has 0 aliphatic carbocycles. The van der Waals surface area contributed by atoms with Gasteiger partial charge in [-0.2, -0.15) is 0 Å². The molecule has 1 aromatic rings. The van der Waals surface area contributed by atoms with E-state index in [0.29, 0.717) is 5.69 Å². The van der Waals surface area contributed by atoms with Crippen molar-refractivity contribution in [2.24, 2.45) is 0 Å². The molecule has 0 spiro atoms. The molecule has 0 heterocycles. The van der Waals surface area contributed by atoms with Crippen LogP contribution in [-0.2, 0) is 0 Å². The number of nitrogens with two attached hydrogens (primary N) is 1. The maximum Gasteiger partial charge on any atom is 0.125 e. The summed E-state index contributed by atoms with van der Waals surface area (Å²) in [5.74, 6) is 3.19. The standard InChI is InChI=1S/C11H12FNS/c1-2-3-4-7-14-11-6-5-9(12)8-10(11)13/h1,5-6,8H,3-4,7,13H2. The van der Waals surface area contributed by atoms with Crippen molar-refractivity contribution >= 4 is 17.4 Å². The van der Waals surface area contributed by atoms with Crippen LogP contribution in [0.25, 0.3) is 0 Å². The van der Waals surface area contributed by atoms with Gasteiger partial charge in [0.2, 0.25) is 0 Å². The summed E-state index contributed by atoms with van der Waals surface area (Å²) in [6.45, 7) is 0. The molecule has 1 rings (SSSR count). The van der Waals surface area contributed by atoms with Gasteiger partial charge in [-0.3, -0.25) is 0 Å². The van der Waals surface area contributed by atoms with E-state index >= 15 is 0 Å². The van der Waals surface area contributed by atoms with Crippen LogP contribution in [0.3, 0.4) is 0 Å². The van der Waals surface area contributed by atoms with Crippen molar-refractivity contribution in [3.63, 3.8) is 0 Å². The molecule has 0 aliphatic heterocycles. The molecular formula is C11H12FNS. The van der Waals surface area contributed by atoms with E-state index in [2.05, 4.69) is 5.92 Å². The third kappa shape index (κ3) is 3.31. The van der Waals surface area contributed by atoms with Gasteiger partial charge in [0, 0.05) is 17.0 Å². The Morgan fingerprint density at radius 3 is 2.93 bits per heavy atom. The summed E-state index contributed by atoms with van der Waals surface area (Å²) >= 11 is 1.61. The number of nitrogen functional groups attached to an aromatic ring is 1. The number of anilines is 1. The van der Waals surface area contributed by atoms with E-state index in [1.165, 1.54) is 12.1 Å². The number of hydrogen-bond acceptors (Lipinski definition) is 2. The first-order valence-electron chi connectivity index (χ1n) is 4.35. The summed E-state index contributed by atoms with van der Waals surface area (Å²) < 4.78 is 12.7. The number of rotatable bonds is 4. The Morgan fingerprint density at radius 1 is 1.50 bits per heavy atom. The topological polar surface area (TPSA) is 26.0 Å². The van der Waals surface area contributed by atoms with E-state index in [4.69, 9.17) is 12.2 Å². The quantitative estimate of drug-likeness (QED) is 0.357. The normalized spacial score (nSPS) is 9.71. The molecule has 3 heteroatoms. The summed E-state index contributed by atoms with van der Waals surface area (Å²) in [6, 6.07) is 4.45. The lowest BCUT2D eigenvalue weighted by Gasteiger charge is -2.03. The number of benzene rings is 1. The maximum atomic E-state index is 12.7. The van der Waals surface area contributed by atoms with Crippen molar-refractivity contribution in [2.75, 3.05) is 11.5 Å². The molecule has 74 valence electrons. The van der Waals surface area contributed by atoms with E-state index in [1.54, 1.807) is 17.8 Å². The molecule has 0 fully saturated rings. The van der Waals surface area contributed by atoms with Gasteiger partial charge in [0.05, 0.1) is 0 Å². The van der Waals surface area contributed by atoms with Crippen LogP contribution in [-0.4, -0.2) is 5.75 Å². The lowest BCUT2D eigenvalue weighted by molar-refractivity contribution is 0.627. The third-order valence-electron chi connectivity index (χ3n) is 1.69. The number of halogens is 1. The van der Waals surface area contributed by atoms with Crippen molar-refractivity contribution in [1.29, 1.82) is 0 Å². The molecular weight excluding hydrogens is 197 g/mol. The van der Waals surface area contributed by atoms with Crippen molar-refractivity contribution in [3.05, 3.63) is 24.0 Å². The molecule has 0 atom stereocenters. The molecule has 0 radical (unpaired) electrons. The summed E-state index contributed by atoms with van der Waals surface area (Å²) in [5, 5.41) is 0. The van der Waals surface area contributed by atoms with Crippen LogP contribution in [0.1, 0.15) is 12.8 Å². The van der Waals surface area contributed by atoms with Crippen LogP contribution >= 0.6 is 11.8 Å². The second-order valence-electron chi connectivity index (χ2n) is 2.84. The Balaban J connectivity index is 2.47. The van der Waals surface area contributed by atoms with Crippen LogP contribution in [0.4, 0.5) is 10.1 Å². The molecule has 0 aliphatic rings. The van der Waals surface area contributed by atoms with Gasteiger partial charge in [0.25, 0.3) is 0 Å². The predicted molar refractivity (Wildman–Crippen MR) is 59.6 cm³/mol. The van der Waals surface area contributed by atoms with Gasteiger partial charge in [-0.05, 0) is 30.4 Å². The highest BCUT2D eigenvalue weighted by molar-refractivity contribution is 7.99. The fourth-order valence-electron chi connectivity index (χ4n) is 1.01. The van der Waals surface area contributed by atoms with Crippen LogP contribution in [0, 0.1) is 18.2 Å². The average molecular weight is 209 g/mol. The van der Waals surface area contributed by atoms with Crippen molar-refractivity contribution in [1.82, 2.24) is 0 Å². The molecule has 0 amide bonds. The minimum Gasteiger partial charge on any atom is -0.398 e. The van der Waals surface area contributed by atoms with Gasteiger partial charge in [-0.1, -0.05) is 0 Å². The van der Waals surface area contributed by atoms with E-state index in [9.17, 15) is 4.39 Å². The zero-order chi connectivity index (χ0) is 10.4. The Labute approximate surface area is 87.9 Å². The second kappa shape index (κ2) is 5.56. The fraction of sp³-hybridized carbons (Fsp3) is 0.273. The van der Waals surface area contributed by atoms with E-state index in [1.807, 2.05) is 0 Å². The van der Waals surface area contributed by atoms with Gasteiger partial charge in [0.1, 0.15) is 5.82 Å². The van der Waals surface area contributed by atoms with E-state index in [0.717, 1.165) is 23.5 Å². The largest absolute Gasteiger partial charge is 0.398 e. The van der Waals surface area contributed by atoms with Crippen molar-refractivity contribution in [2.45, 2.75) is 17.7 Å². The molecule has 0 saturated carbocycles. The second-order valence-corrected chi connectivity index (χ2v) is 3.98. The van der Waals surface area contributed by atoms with Crippen LogP contribution in [0.15, 0.2) is 23.1 Å². The highest BCUT2D eigenvalue weighted by Crippen LogP contribution is 2.26. The predicted octanol–water partition coefficient (Wildman–Crippen LogP) is 2.91. The third-order valence-corrected chi connectivity index (χ3v) is 2.87. The Morgan fingerprint density at radius 2 is 2.29 bits per heavy atom. The summed E-state index contributed by atoms with van der Waals surface area (Å²) in [6.07, 6.45) is 6.85. The van der Waals surface area contributed by atoms with Gasteiger partial charge in [-0.25, -0.2) is 4.39 Å². The first-order valence-corrected chi connectivity index (χ1v) is 5.34. The minimum absolute atomic E-state index is 0.296. The highest BCUT2D eigenvalue weighted by atomic mass is 32.2. The zero-order valence-corrected chi connectivity index (χ0v) is 8.61. The fourth-order valence-corrected chi connectivity index (χ4v) is 1.91. The van der Waals surface area contributed by atoms with Crippen LogP contribution in [0.2, 0.25) is 0 Å². The monoisotopic (exact) mass is 209 g/mol. The SMILES string of the molecule is C#CCCCSc1ccc(F)cc1N. The molecule has 0 unspecified atom stereocenters. The maximum absolute atomic E-state index is 12.7. The highest BCUT2D eigenvalue weighted by Gasteiger charge is 2.00. The van der Waals surface area contributed by atoms with Crippen molar-refractivity contribution in [3.8, 4) is 12.3 Å². The number of thioether (sulfide) groups is 1. The van der Waals surface area contributed by atoms with Crippen LogP contribution < -0.4 is 5.73 Å². The van der Waals surface area contributed by atoms with Gasteiger partial charge < -0.3 is 5.73 Å². The smallest absolute Gasteiger partial charge is 0.125 e. The zero-order valence-electron chi connectivity index (χ0n) is 7.79. The molecule has 0 saturated heterocycles. The molecule has 2 N–H and O–H groups in total. The molecule has 14 heavy (non-hydrogen) atoms. The van der Waals surface area contributed by atoms with Gasteiger partial charge in [0.15, 0.2) is 0 Å². The summed E-state index contributed by atoms with van der Waals surface area (Å²) in [4.78, 5) is 0.920. The molecule has 0 bridgehead atoms. The van der Waals surface area contributed by atoms with Crippen LogP contribution in [0.5, 0.6) is 0 Å². The summed E-state index contributed by atoms with van der Waals surface area (Å²) in [5.41, 5.74) is 6.13. The van der Waals surface area contributed by atoms with E-state index < -0.39 is 0 Å². The molecule has 0 aromatic heterocycles. The van der Waals surface area contributed by atoms with Crippen molar-refractivity contribution < 1.29 is 4.39 Å². The number of terminal acetylenes is 1. The average Bonchev–Trinajstić information content (AvgIpc) is 2.15. The Bertz CT molecular complexity index is 344. The Hall–Kier alpha value is -1.14. The van der Waals surface area contributed by atoms with E-state index in [-0.39, 0.29) is 5.82 Å².